The fourth-order valence-electron chi connectivity index (χ4n) is 1.91. The largest absolute Gasteiger partial charge is 0.497 e. The number of nitrogens with zero attached hydrogens (tertiary/aromatic N) is 2. The van der Waals surface area contributed by atoms with Gasteiger partial charge in [0.05, 0.1) is 12.7 Å². The third-order valence-corrected chi connectivity index (χ3v) is 3.55. The van der Waals surface area contributed by atoms with Gasteiger partial charge in [-0.3, -0.25) is 0 Å². The summed E-state index contributed by atoms with van der Waals surface area (Å²) in [6.07, 6.45) is 0. The normalized spacial score (nSPS) is 10.6. The molecule has 0 spiro atoms. The third-order valence-electron chi connectivity index (χ3n) is 3.02. The molecule has 2 N–H and O–H groups in total. The van der Waals surface area contributed by atoms with Crippen LogP contribution in [0, 0.1) is 0 Å². The zero-order valence-corrected chi connectivity index (χ0v) is 12.8. The van der Waals surface area contributed by atoms with Crippen LogP contribution in [0.15, 0.2) is 51.5 Å². The van der Waals surface area contributed by atoms with E-state index in [1.54, 1.807) is 25.3 Å². The van der Waals surface area contributed by atoms with E-state index in [-0.39, 0.29) is 0 Å². The second-order valence-electron chi connectivity index (χ2n) is 4.38. The van der Waals surface area contributed by atoms with Crippen molar-refractivity contribution in [1.82, 2.24) is 10.1 Å². The van der Waals surface area contributed by atoms with Crippen LogP contribution in [-0.2, 0) is 0 Å². The van der Waals surface area contributed by atoms with Gasteiger partial charge in [-0.2, -0.15) is 4.98 Å². The van der Waals surface area contributed by atoms with Crippen molar-refractivity contribution in [3.8, 4) is 28.6 Å². The first-order chi connectivity index (χ1) is 10.2. The number of hydrogen-bond donors (Lipinski definition) is 1. The summed E-state index contributed by atoms with van der Waals surface area (Å²) in [5.41, 5.74) is 8.07. The van der Waals surface area contributed by atoms with Crippen LogP contribution in [-0.4, -0.2) is 17.3 Å². The topological polar surface area (TPSA) is 74.2 Å². The van der Waals surface area contributed by atoms with E-state index in [2.05, 4.69) is 26.1 Å². The van der Waals surface area contributed by atoms with Gasteiger partial charge in [0.2, 0.25) is 5.82 Å². The van der Waals surface area contributed by atoms with Crippen LogP contribution in [0.4, 0.5) is 5.69 Å². The SMILES string of the molecule is COc1ccc(-c2nc(-c3ccc(Br)cc3)no2)c(N)c1. The highest BCUT2D eigenvalue weighted by Crippen LogP contribution is 2.29. The van der Waals surface area contributed by atoms with Gasteiger partial charge >= 0.3 is 0 Å². The Morgan fingerprint density at radius 2 is 1.90 bits per heavy atom. The Hall–Kier alpha value is -2.34. The molecule has 1 aromatic heterocycles. The second kappa shape index (κ2) is 5.57. The molecule has 106 valence electrons. The highest BCUT2D eigenvalue weighted by atomic mass is 79.9. The number of halogens is 1. The van der Waals surface area contributed by atoms with Gasteiger partial charge in [0, 0.05) is 21.8 Å². The molecule has 0 amide bonds. The Bertz CT molecular complexity index is 769. The Balaban J connectivity index is 1.96. The molecule has 0 saturated carbocycles. The molecule has 0 bridgehead atoms. The summed E-state index contributed by atoms with van der Waals surface area (Å²) in [6.45, 7) is 0. The van der Waals surface area contributed by atoms with Crippen LogP contribution < -0.4 is 10.5 Å². The number of anilines is 1. The molecule has 0 aliphatic carbocycles. The van der Waals surface area contributed by atoms with Gasteiger partial charge in [0.25, 0.3) is 5.89 Å². The molecule has 0 atom stereocenters. The Labute approximate surface area is 129 Å². The molecule has 0 fully saturated rings. The summed E-state index contributed by atoms with van der Waals surface area (Å²) in [4.78, 5) is 4.38. The van der Waals surface area contributed by atoms with E-state index < -0.39 is 0 Å². The Kier molecular flexibility index (Phi) is 3.62. The van der Waals surface area contributed by atoms with Gasteiger partial charge in [0.15, 0.2) is 0 Å². The molecule has 0 aliphatic rings. The lowest BCUT2D eigenvalue weighted by Gasteiger charge is -2.03. The minimum atomic E-state index is 0.382. The Morgan fingerprint density at radius 1 is 1.14 bits per heavy atom. The van der Waals surface area contributed by atoms with Crippen molar-refractivity contribution in [3.05, 3.63) is 46.9 Å². The van der Waals surface area contributed by atoms with E-state index in [9.17, 15) is 0 Å². The van der Waals surface area contributed by atoms with E-state index in [1.807, 2.05) is 24.3 Å². The molecule has 1 heterocycles. The number of hydrogen-bond acceptors (Lipinski definition) is 5. The van der Waals surface area contributed by atoms with Crippen LogP contribution in [0.3, 0.4) is 0 Å². The first kappa shape index (κ1) is 13.6. The predicted octanol–water partition coefficient (Wildman–Crippen LogP) is 3.76. The second-order valence-corrected chi connectivity index (χ2v) is 5.30. The number of nitrogen functional groups attached to an aromatic ring is 1. The number of ether oxygens (including phenoxy) is 1. The number of rotatable bonds is 3. The summed E-state index contributed by atoms with van der Waals surface area (Å²) in [7, 11) is 1.59. The van der Waals surface area contributed by atoms with E-state index in [4.69, 9.17) is 15.0 Å². The van der Waals surface area contributed by atoms with Crippen LogP contribution >= 0.6 is 15.9 Å². The van der Waals surface area contributed by atoms with E-state index in [0.29, 0.717) is 28.7 Å². The number of benzene rings is 2. The van der Waals surface area contributed by atoms with Crippen molar-refractivity contribution in [2.75, 3.05) is 12.8 Å². The lowest BCUT2D eigenvalue weighted by atomic mass is 10.1. The van der Waals surface area contributed by atoms with Crippen molar-refractivity contribution in [2.24, 2.45) is 0 Å². The van der Waals surface area contributed by atoms with Crippen LogP contribution in [0.25, 0.3) is 22.8 Å². The highest BCUT2D eigenvalue weighted by molar-refractivity contribution is 9.10. The zero-order chi connectivity index (χ0) is 14.8. The lowest BCUT2D eigenvalue weighted by Crippen LogP contribution is -1.92. The van der Waals surface area contributed by atoms with Gasteiger partial charge in [0.1, 0.15) is 5.75 Å². The molecule has 6 heteroatoms. The molecule has 0 unspecified atom stereocenters. The monoisotopic (exact) mass is 345 g/mol. The zero-order valence-electron chi connectivity index (χ0n) is 11.2. The van der Waals surface area contributed by atoms with E-state index in [1.165, 1.54) is 0 Å². The quantitative estimate of drug-likeness (QED) is 0.731. The Morgan fingerprint density at radius 3 is 2.57 bits per heavy atom. The summed E-state index contributed by atoms with van der Waals surface area (Å²) in [5, 5.41) is 3.99. The van der Waals surface area contributed by atoms with Gasteiger partial charge in [-0.25, -0.2) is 0 Å². The molecular formula is C15H12BrN3O2. The van der Waals surface area contributed by atoms with Crippen LogP contribution in [0.1, 0.15) is 0 Å². The van der Waals surface area contributed by atoms with Gasteiger partial charge in [-0.1, -0.05) is 21.1 Å². The summed E-state index contributed by atoms with van der Waals surface area (Å²) in [6, 6.07) is 13.0. The van der Waals surface area contributed by atoms with Crippen molar-refractivity contribution >= 4 is 21.6 Å². The fourth-order valence-corrected chi connectivity index (χ4v) is 2.18. The summed E-state index contributed by atoms with van der Waals surface area (Å²) in [5.74, 6) is 1.59. The summed E-state index contributed by atoms with van der Waals surface area (Å²) < 4.78 is 11.4. The van der Waals surface area contributed by atoms with Crippen molar-refractivity contribution in [1.29, 1.82) is 0 Å². The molecule has 3 aromatic rings. The van der Waals surface area contributed by atoms with Crippen LogP contribution in [0.5, 0.6) is 5.75 Å². The maximum Gasteiger partial charge on any atom is 0.260 e. The first-order valence-electron chi connectivity index (χ1n) is 6.21. The van der Waals surface area contributed by atoms with E-state index >= 15 is 0 Å². The van der Waals surface area contributed by atoms with Crippen LogP contribution in [0.2, 0.25) is 0 Å². The molecule has 0 aliphatic heterocycles. The predicted molar refractivity (Wildman–Crippen MR) is 83.8 cm³/mol. The highest BCUT2D eigenvalue weighted by Gasteiger charge is 2.13. The minimum Gasteiger partial charge on any atom is -0.497 e. The number of aromatic nitrogens is 2. The fraction of sp³-hybridized carbons (Fsp3) is 0.0667. The molecule has 21 heavy (non-hydrogen) atoms. The smallest absolute Gasteiger partial charge is 0.260 e. The molecule has 5 nitrogen and oxygen atoms in total. The molecule has 0 radical (unpaired) electrons. The minimum absolute atomic E-state index is 0.382. The standard InChI is InChI=1S/C15H12BrN3O2/c1-20-11-6-7-12(13(17)8-11)15-18-14(19-21-15)9-2-4-10(16)5-3-9/h2-8H,17H2,1H3. The van der Waals surface area contributed by atoms with Gasteiger partial charge in [-0.05, 0) is 36.4 Å². The molecule has 2 aromatic carbocycles. The van der Waals surface area contributed by atoms with Crippen molar-refractivity contribution in [3.63, 3.8) is 0 Å². The van der Waals surface area contributed by atoms with Crippen molar-refractivity contribution < 1.29 is 9.26 Å². The molecule has 0 saturated heterocycles. The number of nitrogens with two attached hydrogens (primary N) is 1. The first-order valence-corrected chi connectivity index (χ1v) is 7.00. The molecular weight excluding hydrogens is 334 g/mol. The average Bonchev–Trinajstić information content (AvgIpc) is 2.97. The maximum atomic E-state index is 5.98. The van der Waals surface area contributed by atoms with Gasteiger partial charge in [-0.15, -0.1) is 0 Å². The summed E-state index contributed by atoms with van der Waals surface area (Å²) >= 11 is 3.39. The molecule has 3 rings (SSSR count). The van der Waals surface area contributed by atoms with Gasteiger partial charge < -0.3 is 15.0 Å². The van der Waals surface area contributed by atoms with E-state index in [0.717, 1.165) is 10.0 Å². The average molecular weight is 346 g/mol. The third kappa shape index (κ3) is 2.75. The maximum absolute atomic E-state index is 5.98. The lowest BCUT2D eigenvalue weighted by molar-refractivity contribution is 0.414. The number of methoxy groups -OCH3 is 1. The van der Waals surface area contributed by atoms with Crippen molar-refractivity contribution in [2.45, 2.75) is 0 Å².